The van der Waals surface area contributed by atoms with Crippen molar-refractivity contribution in [1.82, 2.24) is 4.90 Å². The first kappa shape index (κ1) is 12.0. The second-order valence-electron chi connectivity index (χ2n) is 2.80. The van der Waals surface area contributed by atoms with Crippen molar-refractivity contribution in [3.05, 3.63) is 23.6 Å². The maximum atomic E-state index is 5.56. The van der Waals surface area contributed by atoms with Gasteiger partial charge in [0.2, 0.25) is 0 Å². The Kier molecular flexibility index (Phi) is 6.06. The second kappa shape index (κ2) is 6.54. The molecule has 0 amide bonds. The molecule has 0 radical (unpaired) electrons. The lowest BCUT2D eigenvalue weighted by Crippen LogP contribution is -2.20. The first-order valence-corrected chi connectivity index (χ1v) is 4.45. The van der Waals surface area contributed by atoms with Crippen molar-refractivity contribution in [2.45, 2.75) is 19.9 Å². The minimum Gasteiger partial charge on any atom is -0.388 e. The smallest absolute Gasteiger partial charge is 0.116 e. The Balaban J connectivity index is 4.35. The largest absolute Gasteiger partial charge is 0.388 e. The molecule has 0 bridgehead atoms. The van der Waals surface area contributed by atoms with E-state index in [1.165, 1.54) is 0 Å². The molecule has 74 valence electrons. The van der Waals surface area contributed by atoms with Crippen LogP contribution in [0.1, 0.15) is 13.8 Å². The lowest BCUT2D eigenvalue weighted by molar-refractivity contribution is 0.416. The van der Waals surface area contributed by atoms with E-state index < -0.39 is 0 Å². The molecule has 0 aliphatic rings. The second-order valence-corrected chi connectivity index (χ2v) is 3.24. The molecule has 0 aromatic rings. The van der Waals surface area contributed by atoms with Crippen LogP contribution >= 0.6 is 11.6 Å². The van der Waals surface area contributed by atoms with E-state index in [4.69, 9.17) is 17.3 Å². The van der Waals surface area contributed by atoms with Crippen molar-refractivity contribution >= 4 is 17.8 Å². The molecule has 0 aromatic heterocycles. The fourth-order valence-corrected chi connectivity index (χ4v) is 0.843. The van der Waals surface area contributed by atoms with Gasteiger partial charge in [-0.3, -0.25) is 4.99 Å². The number of rotatable bonds is 4. The van der Waals surface area contributed by atoms with Crippen molar-refractivity contribution in [2.75, 3.05) is 7.05 Å². The average Bonchev–Trinajstić information content (AvgIpc) is 2.02. The summed E-state index contributed by atoms with van der Waals surface area (Å²) in [7, 11) is 1.72. The van der Waals surface area contributed by atoms with Gasteiger partial charge in [-0.05, 0) is 19.9 Å². The van der Waals surface area contributed by atoms with Gasteiger partial charge in [-0.15, -0.1) is 0 Å². The molecule has 0 fully saturated rings. The van der Waals surface area contributed by atoms with Crippen LogP contribution in [0.4, 0.5) is 0 Å². The molecule has 2 N–H and O–H groups in total. The number of halogens is 1. The zero-order valence-electron chi connectivity index (χ0n) is 8.24. The van der Waals surface area contributed by atoms with Crippen LogP contribution in [-0.2, 0) is 0 Å². The SMILES string of the molecule is CN=C/C=C\N(/C=C(/N)Cl)C(C)C. The monoisotopic (exact) mass is 201 g/mol. The molecule has 0 aromatic carbocycles. The standard InChI is InChI=1S/C9H16ClN3/c1-8(2)13(7-9(10)11)6-4-5-12-3/h4-8H,11H2,1-3H3/b6-4-,9-7+,12-5?. The van der Waals surface area contributed by atoms with Gasteiger partial charge in [0.05, 0.1) is 0 Å². The number of hydrogen-bond donors (Lipinski definition) is 1. The molecule has 0 rings (SSSR count). The van der Waals surface area contributed by atoms with Crippen molar-refractivity contribution in [3.8, 4) is 0 Å². The Morgan fingerprint density at radius 2 is 2.15 bits per heavy atom. The van der Waals surface area contributed by atoms with Gasteiger partial charge in [0.25, 0.3) is 0 Å². The van der Waals surface area contributed by atoms with E-state index in [0.717, 1.165) is 0 Å². The van der Waals surface area contributed by atoms with E-state index in [-0.39, 0.29) is 5.16 Å². The van der Waals surface area contributed by atoms with Crippen LogP contribution in [0.15, 0.2) is 28.6 Å². The van der Waals surface area contributed by atoms with E-state index >= 15 is 0 Å². The van der Waals surface area contributed by atoms with Crippen LogP contribution in [0.5, 0.6) is 0 Å². The van der Waals surface area contributed by atoms with Crippen LogP contribution in [0, 0.1) is 0 Å². The predicted octanol–water partition coefficient (Wildman–Crippen LogP) is 1.91. The molecule has 0 unspecified atom stereocenters. The molecule has 0 heterocycles. The predicted molar refractivity (Wildman–Crippen MR) is 58.7 cm³/mol. The Bertz CT molecular complexity index is 215. The highest BCUT2D eigenvalue weighted by Crippen LogP contribution is 2.03. The lowest BCUT2D eigenvalue weighted by Gasteiger charge is -2.19. The zero-order valence-corrected chi connectivity index (χ0v) is 8.99. The van der Waals surface area contributed by atoms with Gasteiger partial charge in [0, 0.05) is 31.7 Å². The van der Waals surface area contributed by atoms with Crippen LogP contribution in [0.3, 0.4) is 0 Å². The highest BCUT2D eigenvalue weighted by atomic mass is 35.5. The molecule has 3 nitrogen and oxygen atoms in total. The van der Waals surface area contributed by atoms with Gasteiger partial charge in [0.15, 0.2) is 0 Å². The van der Waals surface area contributed by atoms with Gasteiger partial charge in [-0.2, -0.15) is 0 Å². The Labute approximate surface area is 84.6 Å². The van der Waals surface area contributed by atoms with Crippen molar-refractivity contribution < 1.29 is 0 Å². The molecule has 0 aliphatic carbocycles. The summed E-state index contributed by atoms with van der Waals surface area (Å²) in [6.07, 6.45) is 7.07. The van der Waals surface area contributed by atoms with Gasteiger partial charge in [-0.25, -0.2) is 0 Å². The summed E-state index contributed by atoms with van der Waals surface area (Å²) in [6, 6.07) is 0.318. The lowest BCUT2D eigenvalue weighted by atomic mass is 10.3. The molecular formula is C9H16ClN3. The Hall–Kier alpha value is -0.960. The van der Waals surface area contributed by atoms with Crippen molar-refractivity contribution in [1.29, 1.82) is 0 Å². The summed E-state index contributed by atoms with van der Waals surface area (Å²) >= 11 is 5.56. The van der Waals surface area contributed by atoms with E-state index in [1.807, 2.05) is 31.0 Å². The van der Waals surface area contributed by atoms with Gasteiger partial charge < -0.3 is 10.6 Å². The molecule has 0 saturated carbocycles. The maximum absolute atomic E-state index is 5.56. The van der Waals surface area contributed by atoms with Crippen molar-refractivity contribution in [2.24, 2.45) is 10.7 Å². The Morgan fingerprint density at radius 1 is 1.54 bits per heavy atom. The number of hydrogen-bond acceptors (Lipinski definition) is 3. The normalized spacial score (nSPS) is 13.5. The number of nitrogens with two attached hydrogens (primary N) is 1. The minimum atomic E-state index is 0.270. The first-order valence-electron chi connectivity index (χ1n) is 4.07. The zero-order chi connectivity index (χ0) is 10.3. The van der Waals surface area contributed by atoms with Gasteiger partial charge in [-0.1, -0.05) is 11.6 Å². The van der Waals surface area contributed by atoms with E-state index in [9.17, 15) is 0 Å². The van der Waals surface area contributed by atoms with Crippen LogP contribution < -0.4 is 5.73 Å². The molecule has 4 heteroatoms. The number of aliphatic imine (C=N–C) groups is 1. The fourth-order valence-electron chi connectivity index (χ4n) is 0.731. The minimum absolute atomic E-state index is 0.270. The molecule has 0 saturated heterocycles. The maximum Gasteiger partial charge on any atom is 0.116 e. The third kappa shape index (κ3) is 6.22. The quantitative estimate of drug-likeness (QED) is 0.558. The van der Waals surface area contributed by atoms with Crippen LogP contribution in [-0.4, -0.2) is 24.2 Å². The van der Waals surface area contributed by atoms with E-state index in [2.05, 4.69) is 4.99 Å². The molecule has 0 aliphatic heterocycles. The number of nitrogens with zero attached hydrogens (tertiary/aromatic N) is 2. The topological polar surface area (TPSA) is 41.6 Å². The van der Waals surface area contributed by atoms with Crippen molar-refractivity contribution in [3.63, 3.8) is 0 Å². The summed E-state index contributed by atoms with van der Waals surface area (Å²) in [6.45, 7) is 4.09. The number of allylic oxidation sites excluding steroid dienone is 1. The fraction of sp³-hybridized carbons (Fsp3) is 0.444. The van der Waals surface area contributed by atoms with E-state index in [0.29, 0.717) is 6.04 Å². The molecule has 0 spiro atoms. The first-order chi connectivity index (χ1) is 6.07. The molecule has 0 atom stereocenters. The van der Waals surface area contributed by atoms with Gasteiger partial charge in [0.1, 0.15) is 5.16 Å². The van der Waals surface area contributed by atoms with Gasteiger partial charge >= 0.3 is 0 Å². The van der Waals surface area contributed by atoms with Crippen LogP contribution in [0.25, 0.3) is 0 Å². The van der Waals surface area contributed by atoms with Crippen LogP contribution in [0.2, 0.25) is 0 Å². The highest BCUT2D eigenvalue weighted by molar-refractivity contribution is 6.28. The Morgan fingerprint density at radius 3 is 2.54 bits per heavy atom. The highest BCUT2D eigenvalue weighted by Gasteiger charge is 1.99. The third-order valence-electron chi connectivity index (χ3n) is 1.36. The summed E-state index contributed by atoms with van der Waals surface area (Å²) in [5.41, 5.74) is 5.35. The molecule has 13 heavy (non-hydrogen) atoms. The molecular weight excluding hydrogens is 186 g/mol. The summed E-state index contributed by atoms with van der Waals surface area (Å²) in [5.74, 6) is 0. The summed E-state index contributed by atoms with van der Waals surface area (Å²) in [4.78, 5) is 5.73. The average molecular weight is 202 g/mol. The summed E-state index contributed by atoms with van der Waals surface area (Å²) < 4.78 is 0. The third-order valence-corrected chi connectivity index (χ3v) is 1.46. The van der Waals surface area contributed by atoms with E-state index in [1.54, 1.807) is 19.5 Å². The summed E-state index contributed by atoms with van der Waals surface area (Å²) in [5, 5.41) is 0.270.